The summed E-state index contributed by atoms with van der Waals surface area (Å²) in [5.41, 5.74) is 0.472. The number of aryl methyl sites for hydroxylation is 1. The van der Waals surface area contributed by atoms with Crippen molar-refractivity contribution in [3.8, 4) is 17.1 Å². The Balaban J connectivity index is 1.61. The van der Waals surface area contributed by atoms with Gasteiger partial charge in [0.05, 0.1) is 18.7 Å². The number of nitrogens with zero attached hydrogens (tertiary/aromatic N) is 3. The molecule has 0 aliphatic rings. The fourth-order valence-electron chi connectivity index (χ4n) is 3.39. The molecule has 0 saturated heterocycles. The van der Waals surface area contributed by atoms with Crippen LogP contribution >= 0.6 is 0 Å². The molecule has 10 heteroatoms. The van der Waals surface area contributed by atoms with Gasteiger partial charge in [-0.05, 0) is 64.1 Å². The minimum atomic E-state index is -4.40. The number of esters is 1. The van der Waals surface area contributed by atoms with Gasteiger partial charge < -0.3 is 14.0 Å². The van der Waals surface area contributed by atoms with Crippen molar-refractivity contribution < 1.29 is 32.0 Å². The van der Waals surface area contributed by atoms with Crippen LogP contribution in [0.5, 0.6) is 5.75 Å². The van der Waals surface area contributed by atoms with E-state index in [1.165, 1.54) is 12.1 Å². The summed E-state index contributed by atoms with van der Waals surface area (Å²) < 4.78 is 54.5. The first-order chi connectivity index (χ1) is 16.4. The van der Waals surface area contributed by atoms with Gasteiger partial charge in [0.15, 0.2) is 5.60 Å². The van der Waals surface area contributed by atoms with Crippen molar-refractivity contribution in [2.75, 3.05) is 13.7 Å². The van der Waals surface area contributed by atoms with Gasteiger partial charge in [-0.2, -0.15) is 18.2 Å². The number of carbonyl (C=O) groups excluding carboxylic acids is 1. The molecule has 0 atom stereocenters. The van der Waals surface area contributed by atoms with Crippen molar-refractivity contribution in [3.05, 3.63) is 65.0 Å². The summed E-state index contributed by atoms with van der Waals surface area (Å²) in [6.07, 6.45) is -4.40. The van der Waals surface area contributed by atoms with Crippen LogP contribution in [0.25, 0.3) is 11.4 Å². The number of hydrogen-bond donors (Lipinski definition) is 0. The Labute approximate surface area is 201 Å². The molecule has 2 aromatic carbocycles. The lowest BCUT2D eigenvalue weighted by Gasteiger charge is -2.25. The van der Waals surface area contributed by atoms with Gasteiger partial charge in [0, 0.05) is 12.1 Å². The molecule has 188 valence electrons. The van der Waals surface area contributed by atoms with E-state index in [9.17, 15) is 18.0 Å². The molecule has 0 bridgehead atoms. The Morgan fingerprint density at radius 3 is 2.37 bits per heavy atom. The number of ether oxygens (including phenoxy) is 2. The second kappa shape index (κ2) is 10.5. The van der Waals surface area contributed by atoms with Crippen LogP contribution in [0.4, 0.5) is 13.2 Å². The van der Waals surface area contributed by atoms with E-state index in [1.54, 1.807) is 20.8 Å². The number of benzene rings is 2. The summed E-state index contributed by atoms with van der Waals surface area (Å²) in [6, 6.07) is 10.3. The molecular formula is C25H28F3N3O4. The number of rotatable bonds is 9. The minimum Gasteiger partial charge on any atom is -0.476 e. The zero-order valence-electron chi connectivity index (χ0n) is 20.3. The van der Waals surface area contributed by atoms with Crippen molar-refractivity contribution >= 4 is 5.97 Å². The normalized spacial score (nSPS) is 12.1. The quantitative estimate of drug-likeness (QED) is 0.370. The number of aromatic nitrogens is 2. The molecule has 0 spiro atoms. The van der Waals surface area contributed by atoms with Gasteiger partial charge in [-0.15, -0.1) is 0 Å². The van der Waals surface area contributed by atoms with Crippen molar-refractivity contribution in [2.24, 2.45) is 0 Å². The average Bonchev–Trinajstić information content (AvgIpc) is 3.23. The molecule has 0 saturated carbocycles. The molecule has 0 radical (unpaired) electrons. The molecule has 3 aromatic rings. The first-order valence-electron chi connectivity index (χ1n) is 11.0. The van der Waals surface area contributed by atoms with Crippen LogP contribution in [0.2, 0.25) is 0 Å². The maximum absolute atomic E-state index is 12.7. The summed E-state index contributed by atoms with van der Waals surface area (Å²) in [6.45, 7) is 8.16. The van der Waals surface area contributed by atoms with Gasteiger partial charge in [-0.3, -0.25) is 4.90 Å². The lowest BCUT2D eigenvalue weighted by Crippen LogP contribution is -2.39. The lowest BCUT2D eigenvalue weighted by atomic mass is 10.1. The molecule has 0 unspecified atom stereocenters. The van der Waals surface area contributed by atoms with Gasteiger partial charge in [0.2, 0.25) is 11.7 Å². The number of hydrogen-bond acceptors (Lipinski definition) is 7. The minimum absolute atomic E-state index is 0.226. The Kier molecular flexibility index (Phi) is 7.84. The van der Waals surface area contributed by atoms with E-state index < -0.39 is 23.3 Å². The summed E-state index contributed by atoms with van der Waals surface area (Å²) >= 11 is 0. The first-order valence-corrected chi connectivity index (χ1v) is 11.0. The highest BCUT2D eigenvalue weighted by Gasteiger charge is 2.32. The highest BCUT2D eigenvalue weighted by atomic mass is 19.4. The molecule has 0 fully saturated rings. The highest BCUT2D eigenvalue weighted by molar-refractivity contribution is 5.79. The Bertz CT molecular complexity index is 1160. The van der Waals surface area contributed by atoms with Crippen LogP contribution in [0.15, 0.2) is 47.0 Å². The van der Waals surface area contributed by atoms with Gasteiger partial charge in [-0.25, -0.2) is 4.79 Å². The topological polar surface area (TPSA) is 77.7 Å². The van der Waals surface area contributed by atoms with Crippen LogP contribution in [0, 0.1) is 6.92 Å². The SMILES string of the molecule is CCOC(=O)C(C)(C)Oc1ccc(CN(C)Cc2nc(-c3ccc(C(F)(F)F)cc3)no2)cc1C. The molecule has 7 nitrogen and oxygen atoms in total. The third-order valence-corrected chi connectivity index (χ3v) is 5.17. The second-order valence-electron chi connectivity index (χ2n) is 8.69. The third kappa shape index (κ3) is 6.82. The predicted molar refractivity (Wildman–Crippen MR) is 122 cm³/mol. The zero-order valence-corrected chi connectivity index (χ0v) is 20.3. The lowest BCUT2D eigenvalue weighted by molar-refractivity contribution is -0.158. The van der Waals surface area contributed by atoms with Gasteiger partial charge in [0.1, 0.15) is 5.75 Å². The summed E-state index contributed by atoms with van der Waals surface area (Å²) in [7, 11) is 1.88. The van der Waals surface area contributed by atoms with E-state index in [1.807, 2.05) is 37.1 Å². The van der Waals surface area contributed by atoms with Gasteiger partial charge in [-0.1, -0.05) is 29.4 Å². The average molecular weight is 492 g/mol. The van der Waals surface area contributed by atoms with Crippen molar-refractivity contribution in [1.82, 2.24) is 15.0 Å². The Morgan fingerprint density at radius 1 is 1.09 bits per heavy atom. The highest BCUT2D eigenvalue weighted by Crippen LogP contribution is 2.30. The zero-order chi connectivity index (χ0) is 25.8. The molecule has 3 rings (SSSR count). The molecule has 1 heterocycles. The molecule has 0 aliphatic carbocycles. The van der Waals surface area contributed by atoms with Crippen molar-refractivity contribution in [1.29, 1.82) is 0 Å². The standard InChI is InChI=1S/C25H28F3N3O4/c1-6-33-23(32)24(3,4)34-20-12-7-17(13-16(20)2)14-31(5)15-21-29-22(30-35-21)18-8-10-19(11-9-18)25(26,27)28/h7-13H,6,14-15H2,1-5H3. The number of carbonyl (C=O) groups is 1. The maximum Gasteiger partial charge on any atom is 0.416 e. The van der Waals surface area contributed by atoms with Gasteiger partial charge >= 0.3 is 12.1 Å². The number of halogens is 3. The van der Waals surface area contributed by atoms with Crippen molar-refractivity contribution in [2.45, 2.75) is 52.6 Å². The monoisotopic (exact) mass is 491 g/mol. The van der Waals surface area contributed by atoms with Crippen LogP contribution < -0.4 is 4.74 Å². The van der Waals surface area contributed by atoms with E-state index in [2.05, 4.69) is 10.1 Å². The molecule has 1 aromatic heterocycles. The third-order valence-electron chi connectivity index (χ3n) is 5.17. The molecule has 35 heavy (non-hydrogen) atoms. The van der Waals surface area contributed by atoms with Crippen LogP contribution in [-0.2, 0) is 28.8 Å². The smallest absolute Gasteiger partial charge is 0.416 e. The van der Waals surface area contributed by atoms with E-state index >= 15 is 0 Å². The van der Waals surface area contributed by atoms with Gasteiger partial charge in [0.25, 0.3) is 0 Å². The largest absolute Gasteiger partial charge is 0.476 e. The molecular weight excluding hydrogens is 463 g/mol. The fourth-order valence-corrected chi connectivity index (χ4v) is 3.39. The molecule has 0 amide bonds. The summed E-state index contributed by atoms with van der Waals surface area (Å²) in [5, 5.41) is 3.88. The van der Waals surface area contributed by atoms with Crippen LogP contribution in [0.1, 0.15) is 43.4 Å². The number of alkyl halides is 3. The van der Waals surface area contributed by atoms with E-state index in [0.717, 1.165) is 23.3 Å². The van der Waals surface area contributed by atoms with Crippen molar-refractivity contribution in [3.63, 3.8) is 0 Å². The maximum atomic E-state index is 12.7. The van der Waals surface area contributed by atoms with E-state index in [0.29, 0.717) is 30.3 Å². The fraction of sp³-hybridized carbons (Fsp3) is 0.400. The molecule has 0 aliphatic heterocycles. The van der Waals surface area contributed by atoms with E-state index in [-0.39, 0.29) is 12.4 Å². The summed E-state index contributed by atoms with van der Waals surface area (Å²) in [5.74, 6) is 0.727. The Hall–Kier alpha value is -3.40. The predicted octanol–water partition coefficient (Wildman–Crippen LogP) is 5.42. The first kappa shape index (κ1) is 26.2. The van der Waals surface area contributed by atoms with Crippen LogP contribution in [0.3, 0.4) is 0 Å². The summed E-state index contributed by atoms with van der Waals surface area (Å²) in [4.78, 5) is 18.3. The van der Waals surface area contributed by atoms with Crippen LogP contribution in [-0.4, -0.2) is 40.3 Å². The van der Waals surface area contributed by atoms with E-state index in [4.69, 9.17) is 14.0 Å². The molecule has 0 N–H and O–H groups in total. The second-order valence-corrected chi connectivity index (χ2v) is 8.69. The Morgan fingerprint density at radius 2 is 1.77 bits per heavy atom.